The van der Waals surface area contributed by atoms with Gasteiger partial charge < -0.3 is 9.47 Å². The predicted octanol–water partition coefficient (Wildman–Crippen LogP) is 0.712. The quantitative estimate of drug-likeness (QED) is 0.367. The van der Waals surface area contributed by atoms with Gasteiger partial charge in [0, 0.05) is 6.92 Å². The Hall–Kier alpha value is -1.26. The molecule has 0 unspecified atom stereocenters. The number of nitrogens with zero attached hydrogens (tertiary/aromatic N) is 1. The van der Waals surface area contributed by atoms with Crippen molar-refractivity contribution in [3.63, 3.8) is 0 Å². The number of carbonyl (C=O) groups excluding carboxylic acids is 1. The average Bonchev–Trinajstić information content (AvgIpc) is 2.01. The highest BCUT2D eigenvalue weighted by atomic mass is 16.5. The lowest BCUT2D eigenvalue weighted by atomic mass is 10.7. The molecule has 0 spiro atoms. The Morgan fingerprint density at radius 2 is 2.27 bits per heavy atom. The van der Waals surface area contributed by atoms with Gasteiger partial charge in [-0.15, -0.1) is 5.10 Å². The number of ether oxygens (including phenoxy) is 2. The molecule has 0 saturated heterocycles. The van der Waals surface area contributed by atoms with E-state index in [4.69, 9.17) is 4.74 Å². The first kappa shape index (κ1) is 9.74. The highest BCUT2D eigenvalue weighted by Crippen LogP contribution is 1.79. The molecule has 0 aliphatic rings. The second-order valence-electron chi connectivity index (χ2n) is 1.67. The van der Waals surface area contributed by atoms with E-state index < -0.39 is 6.09 Å². The molecule has 1 amide bonds. The second kappa shape index (κ2) is 5.52. The molecule has 0 heterocycles. The van der Waals surface area contributed by atoms with E-state index in [0.717, 1.165) is 0 Å². The molecule has 0 aliphatic heterocycles. The molecule has 64 valence electrons. The first-order valence-electron chi connectivity index (χ1n) is 3.21. The summed E-state index contributed by atoms with van der Waals surface area (Å²) in [4.78, 5) is 10.4. The van der Waals surface area contributed by atoms with Gasteiger partial charge in [0.2, 0.25) is 5.90 Å². The third-order valence-corrected chi connectivity index (χ3v) is 0.843. The Bertz CT molecular complexity index is 156. The summed E-state index contributed by atoms with van der Waals surface area (Å²) in [7, 11) is 1.26. The maximum absolute atomic E-state index is 10.4. The molecule has 0 fully saturated rings. The number of nitrogens with one attached hydrogen (secondary N) is 1. The van der Waals surface area contributed by atoms with Crippen molar-refractivity contribution in [1.29, 1.82) is 0 Å². The molecular weight excluding hydrogens is 148 g/mol. The molecule has 0 aromatic rings. The zero-order chi connectivity index (χ0) is 8.69. The van der Waals surface area contributed by atoms with Gasteiger partial charge in [0.05, 0.1) is 13.7 Å². The molecule has 0 aromatic heterocycles. The van der Waals surface area contributed by atoms with Crippen molar-refractivity contribution in [1.82, 2.24) is 5.43 Å². The fraction of sp³-hybridized carbons (Fsp3) is 0.667. The van der Waals surface area contributed by atoms with Crippen LogP contribution >= 0.6 is 0 Å². The fourth-order valence-corrected chi connectivity index (χ4v) is 0.411. The molecule has 11 heavy (non-hydrogen) atoms. The summed E-state index contributed by atoms with van der Waals surface area (Å²) in [5, 5.41) is 3.55. The van der Waals surface area contributed by atoms with Gasteiger partial charge in [0.15, 0.2) is 0 Å². The van der Waals surface area contributed by atoms with Crippen molar-refractivity contribution in [3.05, 3.63) is 0 Å². The van der Waals surface area contributed by atoms with Gasteiger partial charge >= 0.3 is 6.09 Å². The molecular formula is C6H12N2O3. The van der Waals surface area contributed by atoms with E-state index in [1.807, 2.05) is 6.92 Å². The van der Waals surface area contributed by atoms with Gasteiger partial charge in [-0.2, -0.15) is 0 Å². The SMILES string of the molecule is CCOC(C)=NNC(=O)OC. The van der Waals surface area contributed by atoms with Crippen molar-refractivity contribution in [2.24, 2.45) is 5.10 Å². The Morgan fingerprint density at radius 3 is 2.73 bits per heavy atom. The number of carbonyl (C=O) groups is 1. The van der Waals surface area contributed by atoms with Crippen molar-refractivity contribution < 1.29 is 14.3 Å². The minimum atomic E-state index is -0.607. The van der Waals surface area contributed by atoms with Crippen LogP contribution < -0.4 is 5.43 Å². The van der Waals surface area contributed by atoms with E-state index in [0.29, 0.717) is 12.5 Å². The van der Waals surface area contributed by atoms with Crippen molar-refractivity contribution >= 4 is 12.0 Å². The van der Waals surface area contributed by atoms with E-state index in [9.17, 15) is 4.79 Å². The summed E-state index contributed by atoms with van der Waals surface area (Å²) in [5.41, 5.74) is 2.12. The first-order chi connectivity index (χ1) is 5.20. The molecule has 0 radical (unpaired) electrons. The molecule has 1 N–H and O–H groups in total. The minimum Gasteiger partial charge on any atom is -0.480 e. The summed E-state index contributed by atoms with van der Waals surface area (Å²) in [6, 6.07) is 0. The minimum absolute atomic E-state index is 0.401. The topological polar surface area (TPSA) is 59.9 Å². The van der Waals surface area contributed by atoms with Crippen molar-refractivity contribution in [2.75, 3.05) is 13.7 Å². The third-order valence-electron chi connectivity index (χ3n) is 0.843. The van der Waals surface area contributed by atoms with Crippen LogP contribution in [0.4, 0.5) is 4.79 Å². The number of hydrazone groups is 1. The van der Waals surface area contributed by atoms with Crippen LogP contribution in [0.5, 0.6) is 0 Å². The lowest BCUT2D eigenvalue weighted by molar-refractivity contribution is 0.171. The van der Waals surface area contributed by atoms with Crippen LogP contribution in [0.3, 0.4) is 0 Å². The van der Waals surface area contributed by atoms with E-state index >= 15 is 0 Å². The molecule has 0 saturated carbocycles. The molecule has 5 nitrogen and oxygen atoms in total. The Balaban J connectivity index is 3.63. The Morgan fingerprint density at radius 1 is 1.64 bits per heavy atom. The van der Waals surface area contributed by atoms with Crippen molar-refractivity contribution in [3.8, 4) is 0 Å². The first-order valence-corrected chi connectivity index (χ1v) is 3.21. The van der Waals surface area contributed by atoms with Crippen LogP contribution in [-0.4, -0.2) is 25.7 Å². The van der Waals surface area contributed by atoms with Crippen LogP contribution in [-0.2, 0) is 9.47 Å². The molecule has 0 atom stereocenters. The smallest absolute Gasteiger partial charge is 0.427 e. The van der Waals surface area contributed by atoms with Gasteiger partial charge in [-0.3, -0.25) is 0 Å². The van der Waals surface area contributed by atoms with E-state index in [2.05, 4.69) is 15.3 Å². The monoisotopic (exact) mass is 160 g/mol. The predicted molar refractivity (Wildman–Crippen MR) is 40.3 cm³/mol. The van der Waals surface area contributed by atoms with Crippen LogP contribution in [0.15, 0.2) is 5.10 Å². The van der Waals surface area contributed by atoms with Gasteiger partial charge in [-0.1, -0.05) is 0 Å². The largest absolute Gasteiger partial charge is 0.480 e. The number of hydrogen-bond donors (Lipinski definition) is 1. The highest BCUT2D eigenvalue weighted by molar-refractivity contribution is 5.75. The number of rotatable bonds is 2. The van der Waals surface area contributed by atoms with Crippen LogP contribution in [0, 0.1) is 0 Å². The summed E-state index contributed by atoms with van der Waals surface area (Å²) in [5.74, 6) is 0.401. The number of amides is 1. The zero-order valence-corrected chi connectivity index (χ0v) is 6.88. The van der Waals surface area contributed by atoms with Crippen LogP contribution in [0.25, 0.3) is 0 Å². The molecule has 0 aliphatic carbocycles. The van der Waals surface area contributed by atoms with Gasteiger partial charge in [-0.25, -0.2) is 10.2 Å². The fourth-order valence-electron chi connectivity index (χ4n) is 0.411. The highest BCUT2D eigenvalue weighted by Gasteiger charge is 1.94. The second-order valence-corrected chi connectivity index (χ2v) is 1.67. The van der Waals surface area contributed by atoms with Crippen molar-refractivity contribution in [2.45, 2.75) is 13.8 Å². The molecule has 0 aromatic carbocycles. The summed E-state index contributed by atoms with van der Waals surface area (Å²) >= 11 is 0. The van der Waals surface area contributed by atoms with E-state index in [-0.39, 0.29) is 0 Å². The Kier molecular flexibility index (Phi) is 4.89. The van der Waals surface area contributed by atoms with Gasteiger partial charge in [0.25, 0.3) is 0 Å². The lowest BCUT2D eigenvalue weighted by Crippen LogP contribution is -2.19. The maximum atomic E-state index is 10.4. The molecule has 0 bridgehead atoms. The lowest BCUT2D eigenvalue weighted by Gasteiger charge is -2.00. The average molecular weight is 160 g/mol. The van der Waals surface area contributed by atoms with E-state index in [1.54, 1.807) is 6.92 Å². The van der Waals surface area contributed by atoms with Gasteiger partial charge in [0.1, 0.15) is 0 Å². The molecule has 0 rings (SSSR count). The summed E-state index contributed by atoms with van der Waals surface area (Å²) < 4.78 is 9.18. The van der Waals surface area contributed by atoms with Crippen LogP contribution in [0.1, 0.15) is 13.8 Å². The molecule has 5 heteroatoms. The standard InChI is InChI=1S/C6H12N2O3/c1-4-11-5(2)7-8-6(9)10-3/h4H2,1-3H3,(H,8,9). The number of hydrogen-bond acceptors (Lipinski definition) is 4. The Labute approximate surface area is 65.4 Å². The zero-order valence-electron chi connectivity index (χ0n) is 6.88. The normalized spacial score (nSPS) is 10.6. The van der Waals surface area contributed by atoms with Crippen LogP contribution in [0.2, 0.25) is 0 Å². The van der Waals surface area contributed by atoms with Gasteiger partial charge in [-0.05, 0) is 6.92 Å². The summed E-state index contributed by atoms with van der Waals surface area (Å²) in [6.45, 7) is 3.99. The maximum Gasteiger partial charge on any atom is 0.427 e. The van der Waals surface area contributed by atoms with E-state index in [1.165, 1.54) is 7.11 Å². The summed E-state index contributed by atoms with van der Waals surface area (Å²) in [6.07, 6.45) is -0.607. The third kappa shape index (κ3) is 5.20. The number of methoxy groups -OCH3 is 1.